The van der Waals surface area contributed by atoms with Crippen molar-refractivity contribution in [1.82, 2.24) is 4.98 Å². The third-order valence-electron chi connectivity index (χ3n) is 5.74. The third kappa shape index (κ3) is 5.91. The second-order valence-corrected chi connectivity index (χ2v) is 8.09. The van der Waals surface area contributed by atoms with Gasteiger partial charge in [-0.3, -0.25) is 4.79 Å². The highest BCUT2D eigenvalue weighted by molar-refractivity contribution is 5.93. The highest BCUT2D eigenvalue weighted by atomic mass is 16.5. The van der Waals surface area contributed by atoms with E-state index >= 15 is 0 Å². The Morgan fingerprint density at radius 3 is 2.47 bits per heavy atom. The fourth-order valence-electron chi connectivity index (χ4n) is 4.08. The molecule has 1 aromatic heterocycles. The van der Waals surface area contributed by atoms with Crippen LogP contribution in [0.25, 0.3) is 11.3 Å². The first-order chi connectivity index (χ1) is 16.7. The zero-order valence-corrected chi connectivity index (χ0v) is 19.9. The van der Waals surface area contributed by atoms with E-state index < -0.39 is 0 Å². The predicted octanol–water partition coefficient (Wildman–Crippen LogP) is 4.89. The molecule has 1 fully saturated rings. The molecule has 1 aliphatic heterocycles. The number of carbonyl (C=O) groups is 1. The Morgan fingerprint density at radius 2 is 1.74 bits per heavy atom. The van der Waals surface area contributed by atoms with Crippen molar-refractivity contribution < 1.29 is 19.0 Å². The van der Waals surface area contributed by atoms with Crippen LogP contribution in [-0.2, 0) is 16.0 Å². The van der Waals surface area contributed by atoms with Crippen molar-refractivity contribution in [2.24, 2.45) is 0 Å². The summed E-state index contributed by atoms with van der Waals surface area (Å²) in [7, 11) is 0. The number of morpholine rings is 1. The van der Waals surface area contributed by atoms with E-state index in [1.165, 1.54) is 0 Å². The number of ether oxygens (including phenoxy) is 3. The number of amides is 1. The average Bonchev–Trinajstić information content (AvgIpc) is 3.35. The molecular formula is C27H33N3O4. The van der Waals surface area contributed by atoms with Crippen LogP contribution in [-0.4, -0.2) is 50.4 Å². The number of carbonyl (C=O) groups excluding carboxylic acids is 1. The van der Waals surface area contributed by atoms with Crippen LogP contribution in [0.5, 0.6) is 11.5 Å². The van der Waals surface area contributed by atoms with Gasteiger partial charge >= 0.3 is 0 Å². The van der Waals surface area contributed by atoms with Gasteiger partial charge in [-0.1, -0.05) is 30.3 Å². The van der Waals surface area contributed by atoms with Crippen LogP contribution in [0, 0.1) is 0 Å². The molecule has 0 saturated carbocycles. The number of nitrogens with zero attached hydrogens (tertiary/aromatic N) is 1. The van der Waals surface area contributed by atoms with Gasteiger partial charge in [0.25, 0.3) is 0 Å². The lowest BCUT2D eigenvalue weighted by atomic mass is 10.2. The van der Waals surface area contributed by atoms with Gasteiger partial charge in [0.15, 0.2) is 0 Å². The molecule has 180 valence electrons. The van der Waals surface area contributed by atoms with Crippen molar-refractivity contribution in [1.29, 1.82) is 0 Å². The minimum atomic E-state index is -0.0709. The Kier molecular flexibility index (Phi) is 8.09. The summed E-state index contributed by atoms with van der Waals surface area (Å²) in [4.78, 5) is 18.5. The fourth-order valence-corrected chi connectivity index (χ4v) is 4.08. The van der Waals surface area contributed by atoms with Crippen molar-refractivity contribution in [3.63, 3.8) is 0 Å². The number of aryl methyl sites for hydroxylation is 1. The molecule has 34 heavy (non-hydrogen) atoms. The van der Waals surface area contributed by atoms with E-state index in [0.717, 1.165) is 41.5 Å². The molecular weight excluding hydrogens is 430 g/mol. The van der Waals surface area contributed by atoms with Crippen LogP contribution in [0.15, 0.2) is 54.6 Å². The summed E-state index contributed by atoms with van der Waals surface area (Å²) in [5.41, 5.74) is 4.80. The maximum atomic E-state index is 12.8. The van der Waals surface area contributed by atoms with Gasteiger partial charge in [-0.2, -0.15) is 0 Å². The van der Waals surface area contributed by atoms with Gasteiger partial charge in [-0.15, -0.1) is 0 Å². The van der Waals surface area contributed by atoms with Crippen molar-refractivity contribution in [3.05, 3.63) is 60.3 Å². The van der Waals surface area contributed by atoms with Crippen molar-refractivity contribution in [2.45, 2.75) is 26.7 Å². The van der Waals surface area contributed by atoms with Gasteiger partial charge < -0.3 is 29.4 Å². The molecule has 0 aliphatic carbocycles. The smallest absolute Gasteiger partial charge is 0.224 e. The SMILES string of the molecule is CCOc1cc(N2CCOCC2)c(OCC)cc1NC(=O)CCc1ccc(-c2ccccc2)[nH]1. The quantitative estimate of drug-likeness (QED) is 0.448. The number of benzene rings is 2. The molecule has 0 spiro atoms. The van der Waals surface area contributed by atoms with E-state index in [1.807, 2.05) is 50.2 Å². The number of aromatic amines is 1. The molecule has 7 nitrogen and oxygen atoms in total. The number of hydrogen-bond acceptors (Lipinski definition) is 5. The molecule has 7 heteroatoms. The summed E-state index contributed by atoms with van der Waals surface area (Å²) >= 11 is 0. The lowest BCUT2D eigenvalue weighted by Crippen LogP contribution is -2.36. The number of H-pyrrole nitrogens is 1. The second kappa shape index (κ2) is 11.6. The van der Waals surface area contributed by atoms with Crippen LogP contribution >= 0.6 is 0 Å². The van der Waals surface area contributed by atoms with Gasteiger partial charge in [0.1, 0.15) is 11.5 Å². The Labute approximate surface area is 201 Å². The lowest BCUT2D eigenvalue weighted by molar-refractivity contribution is -0.116. The Morgan fingerprint density at radius 1 is 1.00 bits per heavy atom. The van der Waals surface area contributed by atoms with Crippen molar-refractivity contribution in [2.75, 3.05) is 49.7 Å². The second-order valence-electron chi connectivity index (χ2n) is 8.09. The maximum absolute atomic E-state index is 12.8. The number of rotatable bonds is 10. The molecule has 0 radical (unpaired) electrons. The molecule has 2 N–H and O–H groups in total. The van der Waals surface area contributed by atoms with E-state index in [-0.39, 0.29) is 5.91 Å². The number of hydrogen-bond donors (Lipinski definition) is 2. The van der Waals surface area contributed by atoms with Gasteiger partial charge in [0, 0.05) is 43.0 Å². The lowest BCUT2D eigenvalue weighted by Gasteiger charge is -2.31. The number of nitrogens with one attached hydrogen (secondary N) is 2. The normalized spacial score (nSPS) is 13.5. The summed E-state index contributed by atoms with van der Waals surface area (Å²) < 4.78 is 17.3. The van der Waals surface area contributed by atoms with E-state index in [9.17, 15) is 4.79 Å². The first kappa shape index (κ1) is 23.7. The predicted molar refractivity (Wildman–Crippen MR) is 135 cm³/mol. The molecule has 2 heterocycles. The van der Waals surface area contributed by atoms with Crippen molar-refractivity contribution >= 4 is 17.3 Å². The molecule has 3 aromatic rings. The maximum Gasteiger partial charge on any atom is 0.224 e. The van der Waals surface area contributed by atoms with Gasteiger partial charge in [0.05, 0.1) is 37.8 Å². The van der Waals surface area contributed by atoms with Crippen LogP contribution < -0.4 is 19.7 Å². The molecule has 0 unspecified atom stereocenters. The molecule has 0 atom stereocenters. The molecule has 4 rings (SSSR count). The highest BCUT2D eigenvalue weighted by Crippen LogP contribution is 2.39. The zero-order valence-electron chi connectivity index (χ0n) is 19.9. The molecule has 2 aromatic carbocycles. The summed E-state index contributed by atoms with van der Waals surface area (Å²) in [6.07, 6.45) is 0.975. The van der Waals surface area contributed by atoms with Crippen molar-refractivity contribution in [3.8, 4) is 22.8 Å². The average molecular weight is 464 g/mol. The van der Waals surface area contributed by atoms with E-state index in [4.69, 9.17) is 14.2 Å². The van der Waals surface area contributed by atoms with Gasteiger partial charge in [0.2, 0.25) is 5.91 Å². The standard InChI is InChI=1S/C27H33N3O4/c1-3-33-25-19-24(30-14-16-32-17-15-30)26(34-4-2)18-23(25)29-27(31)13-11-21-10-12-22(28-21)20-8-6-5-7-9-20/h5-10,12,18-19,28H,3-4,11,13-17H2,1-2H3,(H,29,31). The van der Waals surface area contributed by atoms with Gasteiger partial charge in [-0.25, -0.2) is 0 Å². The summed E-state index contributed by atoms with van der Waals surface area (Å²) in [5, 5.41) is 3.03. The number of anilines is 2. The molecule has 1 saturated heterocycles. The summed E-state index contributed by atoms with van der Waals surface area (Å²) in [5.74, 6) is 1.31. The molecule has 1 amide bonds. The third-order valence-corrected chi connectivity index (χ3v) is 5.74. The van der Waals surface area contributed by atoms with E-state index in [1.54, 1.807) is 0 Å². The zero-order chi connectivity index (χ0) is 23.8. The fraction of sp³-hybridized carbons (Fsp3) is 0.370. The number of aromatic nitrogens is 1. The van der Waals surface area contributed by atoms with Crippen LogP contribution in [0.2, 0.25) is 0 Å². The van der Waals surface area contributed by atoms with Crippen LogP contribution in [0.1, 0.15) is 26.0 Å². The van der Waals surface area contributed by atoms with E-state index in [2.05, 4.69) is 33.4 Å². The highest BCUT2D eigenvalue weighted by Gasteiger charge is 2.20. The van der Waals surface area contributed by atoms with Crippen LogP contribution in [0.3, 0.4) is 0 Å². The Balaban J connectivity index is 1.45. The first-order valence-electron chi connectivity index (χ1n) is 12.0. The largest absolute Gasteiger partial charge is 0.492 e. The molecule has 0 bridgehead atoms. The topological polar surface area (TPSA) is 75.8 Å². The van der Waals surface area contributed by atoms with E-state index in [0.29, 0.717) is 50.7 Å². The Hall–Kier alpha value is -3.45. The Bertz CT molecular complexity index is 1070. The first-order valence-corrected chi connectivity index (χ1v) is 12.0. The minimum Gasteiger partial charge on any atom is -0.492 e. The van der Waals surface area contributed by atoms with Crippen LogP contribution in [0.4, 0.5) is 11.4 Å². The molecule has 1 aliphatic rings. The monoisotopic (exact) mass is 463 g/mol. The minimum absolute atomic E-state index is 0.0709. The summed E-state index contributed by atoms with van der Waals surface area (Å²) in [6.45, 7) is 7.87. The van der Waals surface area contributed by atoms with Gasteiger partial charge in [-0.05, 0) is 38.0 Å². The summed E-state index contributed by atoms with van der Waals surface area (Å²) in [6, 6.07) is 18.1.